The van der Waals surface area contributed by atoms with Gasteiger partial charge < -0.3 is 0 Å². The third-order valence-corrected chi connectivity index (χ3v) is 3.45. The van der Waals surface area contributed by atoms with Crippen LogP contribution < -0.4 is 0 Å². The molecule has 2 heteroatoms. The van der Waals surface area contributed by atoms with E-state index < -0.39 is 0 Å². The topological polar surface area (TPSA) is 17.1 Å². The van der Waals surface area contributed by atoms with Gasteiger partial charge in [-0.3, -0.25) is 4.79 Å². The van der Waals surface area contributed by atoms with Crippen LogP contribution in [0.15, 0.2) is 36.4 Å². The van der Waals surface area contributed by atoms with Crippen molar-refractivity contribution in [3.8, 4) is 0 Å². The summed E-state index contributed by atoms with van der Waals surface area (Å²) in [5.74, 6) is -0.0249. The molecule has 0 heterocycles. The van der Waals surface area contributed by atoms with Crippen LogP contribution in [-0.2, 0) is 0 Å². The fourth-order valence-corrected chi connectivity index (χ4v) is 2.16. The second-order valence-corrected chi connectivity index (χ2v) is 5.02. The lowest BCUT2D eigenvalue weighted by molar-refractivity contribution is 0.103. The maximum absolute atomic E-state index is 12.4. The highest BCUT2D eigenvalue weighted by Crippen LogP contribution is 2.22. The highest BCUT2D eigenvalue weighted by Gasteiger charge is 2.13. The van der Waals surface area contributed by atoms with Gasteiger partial charge in [-0.05, 0) is 55.7 Å². The first-order valence-electron chi connectivity index (χ1n) is 5.87. The molecular weight excluding hydrogens is 244 g/mol. The Morgan fingerprint density at radius 3 is 2.28 bits per heavy atom. The highest BCUT2D eigenvalue weighted by molar-refractivity contribution is 6.35. The summed E-state index contributed by atoms with van der Waals surface area (Å²) >= 11 is 6.12. The van der Waals surface area contributed by atoms with Gasteiger partial charge in [0, 0.05) is 11.1 Å². The van der Waals surface area contributed by atoms with Gasteiger partial charge in [-0.1, -0.05) is 29.8 Å². The molecule has 0 N–H and O–H groups in total. The summed E-state index contributed by atoms with van der Waals surface area (Å²) in [7, 11) is 0. The van der Waals surface area contributed by atoms with Crippen LogP contribution in [0, 0.1) is 20.8 Å². The van der Waals surface area contributed by atoms with Crippen molar-refractivity contribution in [3.05, 3.63) is 69.2 Å². The SMILES string of the molecule is Cc1ccc(C(=O)c2ccc(C)c(C)c2)c(Cl)c1. The fraction of sp³-hybridized carbons (Fsp3) is 0.188. The Labute approximate surface area is 112 Å². The maximum Gasteiger partial charge on any atom is 0.194 e. The van der Waals surface area contributed by atoms with Crippen LogP contribution in [0.1, 0.15) is 32.6 Å². The third kappa shape index (κ3) is 2.46. The van der Waals surface area contributed by atoms with E-state index in [2.05, 4.69) is 0 Å². The first kappa shape index (κ1) is 12.8. The lowest BCUT2D eigenvalue weighted by Crippen LogP contribution is -2.03. The molecule has 1 nitrogen and oxygen atoms in total. The fourth-order valence-electron chi connectivity index (χ4n) is 1.84. The molecule has 0 aliphatic carbocycles. The Morgan fingerprint density at radius 1 is 0.944 bits per heavy atom. The van der Waals surface area contributed by atoms with E-state index in [1.807, 2.05) is 51.1 Å². The molecule has 0 fully saturated rings. The Hall–Kier alpha value is -1.60. The maximum atomic E-state index is 12.4. The molecule has 0 atom stereocenters. The molecular formula is C16H15ClO. The predicted molar refractivity (Wildman–Crippen MR) is 75.5 cm³/mol. The van der Waals surface area contributed by atoms with Crippen LogP contribution >= 0.6 is 11.6 Å². The molecule has 0 amide bonds. The number of hydrogen-bond acceptors (Lipinski definition) is 1. The third-order valence-electron chi connectivity index (χ3n) is 3.14. The first-order valence-corrected chi connectivity index (χ1v) is 6.25. The van der Waals surface area contributed by atoms with E-state index in [-0.39, 0.29) is 5.78 Å². The number of carbonyl (C=O) groups excluding carboxylic acids is 1. The van der Waals surface area contributed by atoms with Gasteiger partial charge in [0.2, 0.25) is 0 Å². The second kappa shape index (κ2) is 4.95. The first-order chi connectivity index (χ1) is 8.49. The van der Waals surface area contributed by atoms with E-state index in [1.165, 1.54) is 5.56 Å². The summed E-state index contributed by atoms with van der Waals surface area (Å²) in [5, 5.41) is 0.512. The number of rotatable bonds is 2. The van der Waals surface area contributed by atoms with Gasteiger partial charge in [0.1, 0.15) is 0 Å². The zero-order chi connectivity index (χ0) is 13.3. The molecule has 0 saturated heterocycles. The minimum atomic E-state index is -0.0249. The monoisotopic (exact) mass is 258 g/mol. The van der Waals surface area contributed by atoms with E-state index in [0.717, 1.165) is 11.1 Å². The van der Waals surface area contributed by atoms with Gasteiger partial charge in [-0.2, -0.15) is 0 Å². The van der Waals surface area contributed by atoms with E-state index >= 15 is 0 Å². The molecule has 2 aromatic rings. The van der Waals surface area contributed by atoms with Crippen LogP contribution in [0.25, 0.3) is 0 Å². The van der Waals surface area contributed by atoms with Gasteiger partial charge in [0.25, 0.3) is 0 Å². The smallest absolute Gasteiger partial charge is 0.194 e. The van der Waals surface area contributed by atoms with Crippen LogP contribution in [-0.4, -0.2) is 5.78 Å². The molecule has 0 radical (unpaired) electrons. The van der Waals surface area contributed by atoms with E-state index in [4.69, 9.17) is 11.6 Å². The average molecular weight is 259 g/mol. The molecule has 0 spiro atoms. The second-order valence-electron chi connectivity index (χ2n) is 4.61. The minimum Gasteiger partial charge on any atom is -0.289 e. The van der Waals surface area contributed by atoms with Crippen molar-refractivity contribution >= 4 is 17.4 Å². The van der Waals surface area contributed by atoms with Crippen LogP contribution in [0.5, 0.6) is 0 Å². The molecule has 0 aliphatic rings. The number of benzene rings is 2. The standard InChI is InChI=1S/C16H15ClO/c1-10-4-7-14(15(17)8-10)16(18)13-6-5-11(2)12(3)9-13/h4-9H,1-3H3. The molecule has 0 aliphatic heterocycles. The van der Waals surface area contributed by atoms with Crippen LogP contribution in [0.3, 0.4) is 0 Å². The predicted octanol–water partition coefficient (Wildman–Crippen LogP) is 4.50. The number of ketones is 1. The van der Waals surface area contributed by atoms with Crippen LogP contribution in [0.4, 0.5) is 0 Å². The van der Waals surface area contributed by atoms with E-state index in [0.29, 0.717) is 16.1 Å². The Morgan fingerprint density at radius 2 is 1.67 bits per heavy atom. The normalized spacial score (nSPS) is 10.4. The van der Waals surface area contributed by atoms with Crippen molar-refractivity contribution < 1.29 is 4.79 Å². The summed E-state index contributed by atoms with van der Waals surface area (Å²) in [6, 6.07) is 11.2. The quantitative estimate of drug-likeness (QED) is 0.725. The summed E-state index contributed by atoms with van der Waals surface area (Å²) in [6.45, 7) is 5.99. The van der Waals surface area contributed by atoms with Gasteiger partial charge in [0.15, 0.2) is 5.78 Å². The molecule has 92 valence electrons. The van der Waals surface area contributed by atoms with Gasteiger partial charge in [-0.15, -0.1) is 0 Å². The van der Waals surface area contributed by atoms with Crippen molar-refractivity contribution in [2.75, 3.05) is 0 Å². The molecule has 0 bridgehead atoms. The molecule has 0 aromatic heterocycles. The highest BCUT2D eigenvalue weighted by atomic mass is 35.5. The van der Waals surface area contributed by atoms with Crippen molar-refractivity contribution in [2.24, 2.45) is 0 Å². The van der Waals surface area contributed by atoms with Gasteiger partial charge in [0.05, 0.1) is 5.02 Å². The number of halogens is 1. The zero-order valence-corrected chi connectivity index (χ0v) is 11.5. The molecule has 0 saturated carbocycles. The summed E-state index contributed by atoms with van der Waals surface area (Å²) in [4.78, 5) is 12.4. The summed E-state index contributed by atoms with van der Waals surface area (Å²) in [5.41, 5.74) is 4.59. The van der Waals surface area contributed by atoms with Crippen molar-refractivity contribution in [2.45, 2.75) is 20.8 Å². The van der Waals surface area contributed by atoms with Crippen molar-refractivity contribution in [1.29, 1.82) is 0 Å². The van der Waals surface area contributed by atoms with Gasteiger partial charge >= 0.3 is 0 Å². The molecule has 2 rings (SSSR count). The molecule has 2 aromatic carbocycles. The van der Waals surface area contributed by atoms with Gasteiger partial charge in [-0.25, -0.2) is 0 Å². The lowest BCUT2D eigenvalue weighted by atomic mass is 9.99. The lowest BCUT2D eigenvalue weighted by Gasteiger charge is -2.07. The number of carbonyl (C=O) groups is 1. The summed E-state index contributed by atoms with van der Waals surface area (Å²) < 4.78 is 0. The Balaban J connectivity index is 2.44. The Bertz CT molecular complexity index is 614. The Kier molecular flexibility index (Phi) is 3.53. The van der Waals surface area contributed by atoms with E-state index in [9.17, 15) is 4.79 Å². The largest absolute Gasteiger partial charge is 0.289 e. The molecule has 0 unspecified atom stereocenters. The van der Waals surface area contributed by atoms with E-state index in [1.54, 1.807) is 6.07 Å². The van der Waals surface area contributed by atoms with Crippen molar-refractivity contribution in [1.82, 2.24) is 0 Å². The molecule has 18 heavy (non-hydrogen) atoms. The number of aryl methyl sites for hydroxylation is 3. The zero-order valence-electron chi connectivity index (χ0n) is 10.8. The van der Waals surface area contributed by atoms with Crippen LogP contribution in [0.2, 0.25) is 5.02 Å². The number of hydrogen-bond donors (Lipinski definition) is 0. The van der Waals surface area contributed by atoms with Crippen molar-refractivity contribution in [3.63, 3.8) is 0 Å². The average Bonchev–Trinajstić information content (AvgIpc) is 2.32. The summed E-state index contributed by atoms with van der Waals surface area (Å²) in [6.07, 6.45) is 0. The minimum absolute atomic E-state index is 0.0249.